The van der Waals surface area contributed by atoms with Crippen LogP contribution in [0.3, 0.4) is 0 Å². The summed E-state index contributed by atoms with van der Waals surface area (Å²) >= 11 is 0. The smallest absolute Gasteiger partial charge is 0.269 e. The van der Waals surface area contributed by atoms with Crippen molar-refractivity contribution in [3.8, 4) is 22.7 Å². The molecule has 0 unspecified atom stereocenters. The van der Waals surface area contributed by atoms with E-state index >= 15 is 0 Å². The first-order chi connectivity index (χ1) is 52.4. The summed E-state index contributed by atoms with van der Waals surface area (Å²) in [5.41, 5.74) is 24.8. The van der Waals surface area contributed by atoms with Crippen LogP contribution >= 0.6 is 0 Å². The minimum absolute atomic E-state index is 0.0713. The van der Waals surface area contributed by atoms with Crippen LogP contribution in [0.1, 0.15) is 33.6 Å². The van der Waals surface area contributed by atoms with Crippen molar-refractivity contribution in [1.29, 1.82) is 0 Å². The van der Waals surface area contributed by atoms with E-state index in [2.05, 4.69) is 297 Å². The summed E-state index contributed by atoms with van der Waals surface area (Å²) in [5.74, 6) is 0.0104. The van der Waals surface area contributed by atoms with Crippen LogP contribution in [0.25, 0.3) is 132 Å². The number of rotatable bonds is 11. The van der Waals surface area contributed by atoms with Crippen molar-refractivity contribution in [1.82, 2.24) is 23.3 Å². The molecule has 13 heteroatoms. The van der Waals surface area contributed by atoms with Crippen molar-refractivity contribution in [2.75, 3.05) is 16.4 Å². The fourth-order valence-corrected chi connectivity index (χ4v) is 14.5. The molecule has 0 aliphatic heterocycles. The molecule has 5 aromatic heterocycles. The van der Waals surface area contributed by atoms with E-state index in [1.807, 2.05) is 72.8 Å². The number of H-pyrrole nitrogens is 1. The van der Waals surface area contributed by atoms with Crippen LogP contribution in [-0.4, -0.2) is 40.0 Å². The summed E-state index contributed by atoms with van der Waals surface area (Å²) in [6.07, 6.45) is 1.73. The number of carbonyl (C=O) groups excluding carboxylic acids is 2. The van der Waals surface area contributed by atoms with Crippen LogP contribution < -0.4 is 16.4 Å². The van der Waals surface area contributed by atoms with Crippen LogP contribution in [0.15, 0.2) is 352 Å². The van der Waals surface area contributed by atoms with Gasteiger partial charge in [-0.15, -0.1) is 0 Å². The predicted octanol–water partition coefficient (Wildman–Crippen LogP) is 23.8. The molecule has 0 spiro atoms. The van der Waals surface area contributed by atoms with Crippen LogP contribution in [0, 0.1) is 16.0 Å². The number of para-hydroxylation sites is 10. The number of nitrogen functional groups attached to an aromatic ring is 1. The van der Waals surface area contributed by atoms with Crippen molar-refractivity contribution in [3.05, 3.63) is 362 Å². The normalized spacial score (nSPS) is 11.1. The number of nitrogens with two attached hydrogens (primary N) is 1. The van der Waals surface area contributed by atoms with Gasteiger partial charge in [0.25, 0.3) is 11.6 Å². The maximum atomic E-state index is 12.3. The van der Waals surface area contributed by atoms with Crippen molar-refractivity contribution in [2.45, 2.75) is 33.6 Å². The lowest BCUT2D eigenvalue weighted by atomic mass is 10.0. The number of non-ortho nitro benzene ring substituents is 1. The molecule has 522 valence electrons. The lowest BCUT2D eigenvalue weighted by Gasteiger charge is -2.13. The summed E-state index contributed by atoms with van der Waals surface area (Å²) in [7, 11) is 0. The quantitative estimate of drug-likeness (QED) is 0.0438. The van der Waals surface area contributed by atoms with Crippen molar-refractivity contribution < 1.29 is 14.5 Å². The van der Waals surface area contributed by atoms with Gasteiger partial charge in [-0.3, -0.25) is 19.7 Å². The average molecular weight is 1400 g/mol. The predicted molar refractivity (Wildman–Crippen MR) is 446 cm³/mol. The number of aromatic nitrogens is 5. The van der Waals surface area contributed by atoms with Gasteiger partial charge in [0, 0.05) is 128 Å². The molecule has 19 aromatic rings. The Balaban J connectivity index is 0.000000108. The fraction of sp³-hybridized carbons (Fsp3) is 0.0638. The number of hydrogen-bond acceptors (Lipinski definition) is 5. The molecular formula is C94H77N9O4. The second-order valence-electron chi connectivity index (χ2n) is 26.4. The largest absolute Gasteiger partial charge is 0.399 e. The van der Waals surface area contributed by atoms with Gasteiger partial charge in [0.1, 0.15) is 0 Å². The first-order valence-electron chi connectivity index (χ1n) is 35.9. The molecule has 107 heavy (non-hydrogen) atoms. The zero-order valence-electron chi connectivity index (χ0n) is 59.5. The summed E-state index contributed by atoms with van der Waals surface area (Å²) in [6, 6.07) is 115. The van der Waals surface area contributed by atoms with E-state index in [0.29, 0.717) is 5.57 Å². The SMILES string of the molecule is C=C(C)C(=O)Nc1ccc(-n2c3ccccc3c3ccccc32)cc1.CCC(CC)C(=O)Nc1ccc(-n2c3ccccc3c3ccccc32)cc1.Nc1ccc(-n2c3ccccc3c3ccccc32)cc1.O=[N+]([O-])c1ccc(-n2c3ccccc3c3ccccc32)cc1.c1ccc2c(c1)[nH]c1ccccc12. The summed E-state index contributed by atoms with van der Waals surface area (Å²) < 4.78 is 8.94. The number of fused-ring (bicyclic) bond motifs is 15. The van der Waals surface area contributed by atoms with E-state index in [9.17, 15) is 19.7 Å². The number of anilines is 3. The Bertz CT molecular complexity index is 6210. The molecule has 14 aromatic carbocycles. The number of benzene rings is 14. The van der Waals surface area contributed by atoms with Gasteiger partial charge < -0.3 is 39.6 Å². The molecule has 13 nitrogen and oxygen atoms in total. The van der Waals surface area contributed by atoms with E-state index in [0.717, 1.165) is 63.7 Å². The van der Waals surface area contributed by atoms with E-state index in [4.69, 9.17) is 5.73 Å². The number of carbonyl (C=O) groups is 2. The molecule has 0 bridgehead atoms. The summed E-state index contributed by atoms with van der Waals surface area (Å²) in [4.78, 5) is 37.9. The van der Waals surface area contributed by atoms with Crippen molar-refractivity contribution in [2.24, 2.45) is 5.92 Å². The Hall–Kier alpha value is -14.0. The van der Waals surface area contributed by atoms with Crippen LogP contribution in [0.5, 0.6) is 0 Å². The summed E-state index contributed by atoms with van der Waals surface area (Å²) in [6.45, 7) is 9.47. The fourth-order valence-electron chi connectivity index (χ4n) is 14.5. The lowest BCUT2D eigenvalue weighted by Crippen LogP contribution is -2.21. The van der Waals surface area contributed by atoms with Gasteiger partial charge in [0.05, 0.1) is 49.1 Å². The highest BCUT2D eigenvalue weighted by Gasteiger charge is 2.18. The van der Waals surface area contributed by atoms with E-state index in [1.165, 1.54) is 98.0 Å². The van der Waals surface area contributed by atoms with Crippen molar-refractivity contribution in [3.63, 3.8) is 0 Å². The molecule has 2 amide bonds. The number of nitro groups is 1. The minimum atomic E-state index is -0.379. The highest BCUT2D eigenvalue weighted by molar-refractivity contribution is 6.13. The summed E-state index contributed by atoms with van der Waals surface area (Å²) in [5, 5.41) is 29.2. The minimum Gasteiger partial charge on any atom is -0.399 e. The zero-order valence-corrected chi connectivity index (χ0v) is 59.5. The molecule has 0 aliphatic rings. The molecule has 19 rings (SSSR count). The van der Waals surface area contributed by atoms with E-state index in [1.54, 1.807) is 31.2 Å². The van der Waals surface area contributed by atoms with Gasteiger partial charge >= 0.3 is 0 Å². The van der Waals surface area contributed by atoms with Crippen molar-refractivity contribution >= 4 is 144 Å². The molecule has 5 heterocycles. The Morgan fingerprint density at radius 1 is 0.364 bits per heavy atom. The van der Waals surface area contributed by atoms with E-state index < -0.39 is 0 Å². The number of nitro benzene ring substituents is 1. The Kier molecular flexibility index (Phi) is 19.6. The number of aromatic amines is 1. The third-order valence-corrected chi connectivity index (χ3v) is 19.7. The number of nitrogens with zero attached hydrogens (tertiary/aromatic N) is 5. The topological polar surface area (TPSA) is 163 Å². The third kappa shape index (κ3) is 13.8. The van der Waals surface area contributed by atoms with Gasteiger partial charge in [0.2, 0.25) is 5.91 Å². The van der Waals surface area contributed by atoms with Crippen LogP contribution in [0.4, 0.5) is 22.7 Å². The molecule has 0 fully saturated rings. The molecule has 0 saturated carbocycles. The second kappa shape index (κ2) is 30.5. The number of amides is 2. The van der Waals surface area contributed by atoms with Gasteiger partial charge in [0.15, 0.2) is 0 Å². The van der Waals surface area contributed by atoms with Gasteiger partial charge in [-0.25, -0.2) is 0 Å². The maximum absolute atomic E-state index is 12.3. The highest BCUT2D eigenvalue weighted by Crippen LogP contribution is 2.37. The second-order valence-corrected chi connectivity index (χ2v) is 26.4. The van der Waals surface area contributed by atoms with Crippen LogP contribution in [-0.2, 0) is 9.59 Å². The number of hydrogen-bond donors (Lipinski definition) is 4. The van der Waals surface area contributed by atoms with Gasteiger partial charge in [-0.1, -0.05) is 202 Å². The Morgan fingerprint density at radius 3 is 0.879 bits per heavy atom. The molecule has 5 N–H and O–H groups in total. The van der Waals surface area contributed by atoms with E-state index in [-0.39, 0.29) is 28.3 Å². The first-order valence-corrected chi connectivity index (χ1v) is 35.9. The molecule has 0 saturated heterocycles. The average Bonchev–Trinajstić information content (AvgIpc) is 1.62. The Morgan fingerprint density at radius 2 is 0.607 bits per heavy atom. The van der Waals surface area contributed by atoms with Gasteiger partial charge in [-0.05, 0) is 165 Å². The monoisotopic (exact) mass is 1400 g/mol. The lowest BCUT2D eigenvalue weighted by molar-refractivity contribution is -0.384. The zero-order chi connectivity index (χ0) is 73.5. The van der Waals surface area contributed by atoms with Gasteiger partial charge in [-0.2, -0.15) is 0 Å². The maximum Gasteiger partial charge on any atom is 0.269 e. The highest BCUT2D eigenvalue weighted by atomic mass is 16.6. The molecular weight excluding hydrogens is 1320 g/mol. The standard InChI is InChI=1S/C24H24N2O.C22H18N2O.C18H12N2O2.C18H14N2.C12H9N/c1-3-17(4-2)24(27)25-18-13-15-19(16-14-18)26-22-11-7-5-9-20(22)21-10-6-8-12-23(21)26;1-15(2)22(25)23-16-11-13-17(14-12-16)24-20-9-5-3-7-18(20)19-8-4-6-10-21(19)24;21-20(22)14-11-9-13(10-12-14)19-17-7-3-1-5-15(17)16-6-2-4-8-18(16)19;19-13-9-11-14(12-10-13)20-17-7-3-1-5-15(17)16-6-2-4-8-18(16)20;1-3-7-11-9(5-1)10-6-2-4-8-12(10)13-11/h5-17H,3-4H2,1-2H3,(H,25,27);3-14H,1H2,2H3,(H,23,25);1-12H;1-12H,19H2;1-8,13H. The molecule has 0 radical (unpaired) electrons. The number of nitrogens with one attached hydrogen (secondary N) is 3. The Labute approximate surface area is 618 Å². The third-order valence-electron chi connectivity index (χ3n) is 19.7. The first kappa shape index (κ1) is 68.7. The molecule has 0 atom stereocenters. The van der Waals surface area contributed by atoms with Crippen LogP contribution in [0.2, 0.25) is 0 Å². The molecule has 0 aliphatic carbocycles.